The highest BCUT2D eigenvalue weighted by Crippen LogP contribution is 2.30. The Kier molecular flexibility index (Phi) is 3.20. The van der Waals surface area contributed by atoms with Crippen LogP contribution in [0.3, 0.4) is 0 Å². The molecule has 1 saturated heterocycles. The van der Waals surface area contributed by atoms with E-state index in [-0.39, 0.29) is 11.3 Å². The lowest BCUT2D eigenvalue weighted by molar-refractivity contribution is 0.0778. The van der Waals surface area contributed by atoms with Crippen LogP contribution >= 0.6 is 0 Å². The van der Waals surface area contributed by atoms with Crippen molar-refractivity contribution >= 4 is 11.6 Å². The van der Waals surface area contributed by atoms with Gasteiger partial charge in [0.1, 0.15) is 5.75 Å². The topological polar surface area (TPSA) is 55.6 Å². The molecule has 0 spiro atoms. The van der Waals surface area contributed by atoms with E-state index >= 15 is 0 Å². The number of carbonyl (C=O) groups excluding carboxylic acids is 1. The van der Waals surface area contributed by atoms with Crippen LogP contribution in [0.5, 0.6) is 5.75 Å². The molecule has 98 valence electrons. The third kappa shape index (κ3) is 2.58. The summed E-state index contributed by atoms with van der Waals surface area (Å²) in [7, 11) is 1.57. The molecule has 0 unspecified atom stereocenters. The van der Waals surface area contributed by atoms with Crippen LogP contribution in [-0.4, -0.2) is 31.0 Å². The molecule has 1 fully saturated rings. The van der Waals surface area contributed by atoms with Crippen molar-refractivity contribution in [2.45, 2.75) is 20.3 Å². The van der Waals surface area contributed by atoms with Gasteiger partial charge in [-0.05, 0) is 24.0 Å². The minimum absolute atomic E-state index is 0.0335. The molecular weight excluding hydrogens is 228 g/mol. The van der Waals surface area contributed by atoms with E-state index in [0.29, 0.717) is 17.0 Å². The molecule has 0 atom stereocenters. The summed E-state index contributed by atoms with van der Waals surface area (Å²) in [5, 5.41) is 0. The number of amides is 1. The van der Waals surface area contributed by atoms with Gasteiger partial charge in [0.25, 0.3) is 5.91 Å². The summed E-state index contributed by atoms with van der Waals surface area (Å²) in [6.45, 7) is 5.96. The average Bonchev–Trinajstić information content (AvgIpc) is 2.67. The third-order valence-electron chi connectivity index (χ3n) is 3.38. The number of nitrogens with zero attached hydrogens (tertiary/aromatic N) is 1. The standard InChI is InChI=1S/C14H20N2O2/c1-14(2)4-5-16(9-14)13(17)10-6-11(15)8-12(7-10)18-3/h6-8H,4-5,9,15H2,1-3H3. The average molecular weight is 248 g/mol. The Bertz CT molecular complexity index is 469. The van der Waals surface area contributed by atoms with Gasteiger partial charge in [0.2, 0.25) is 0 Å². The van der Waals surface area contributed by atoms with Crippen LogP contribution < -0.4 is 10.5 Å². The summed E-state index contributed by atoms with van der Waals surface area (Å²) >= 11 is 0. The molecule has 2 N–H and O–H groups in total. The highest BCUT2D eigenvalue weighted by Gasteiger charge is 2.32. The van der Waals surface area contributed by atoms with Crippen LogP contribution in [0.25, 0.3) is 0 Å². The zero-order chi connectivity index (χ0) is 13.3. The van der Waals surface area contributed by atoms with Crippen molar-refractivity contribution in [1.82, 2.24) is 4.90 Å². The molecule has 1 aromatic carbocycles. The highest BCUT2D eigenvalue weighted by molar-refractivity contribution is 5.95. The molecule has 4 nitrogen and oxygen atoms in total. The number of nitrogen functional groups attached to an aromatic ring is 1. The number of methoxy groups -OCH3 is 1. The number of rotatable bonds is 2. The van der Waals surface area contributed by atoms with Gasteiger partial charge in [0, 0.05) is 30.4 Å². The number of hydrogen-bond acceptors (Lipinski definition) is 3. The Balaban J connectivity index is 2.21. The number of likely N-dealkylation sites (tertiary alicyclic amines) is 1. The molecule has 0 bridgehead atoms. The first-order valence-corrected chi connectivity index (χ1v) is 6.15. The summed E-state index contributed by atoms with van der Waals surface area (Å²) < 4.78 is 5.14. The lowest BCUT2D eigenvalue weighted by atomic mass is 9.93. The summed E-state index contributed by atoms with van der Waals surface area (Å²) in [5.74, 6) is 0.656. The monoisotopic (exact) mass is 248 g/mol. The van der Waals surface area contributed by atoms with Crippen molar-refractivity contribution in [2.75, 3.05) is 25.9 Å². The molecule has 1 heterocycles. The van der Waals surface area contributed by atoms with E-state index in [9.17, 15) is 4.79 Å². The molecule has 18 heavy (non-hydrogen) atoms. The summed E-state index contributed by atoms with van der Waals surface area (Å²) in [5.41, 5.74) is 7.14. The van der Waals surface area contributed by atoms with Gasteiger partial charge in [-0.3, -0.25) is 4.79 Å². The van der Waals surface area contributed by atoms with Crippen LogP contribution in [0.1, 0.15) is 30.6 Å². The number of hydrogen-bond donors (Lipinski definition) is 1. The SMILES string of the molecule is COc1cc(N)cc(C(=O)N2CCC(C)(C)C2)c1. The maximum Gasteiger partial charge on any atom is 0.254 e. The maximum atomic E-state index is 12.4. The van der Waals surface area contributed by atoms with Gasteiger partial charge in [-0.15, -0.1) is 0 Å². The Morgan fingerprint density at radius 3 is 2.67 bits per heavy atom. The van der Waals surface area contributed by atoms with Crippen molar-refractivity contribution in [3.63, 3.8) is 0 Å². The molecule has 1 amide bonds. The van der Waals surface area contributed by atoms with Crippen LogP contribution in [0.4, 0.5) is 5.69 Å². The van der Waals surface area contributed by atoms with E-state index in [4.69, 9.17) is 10.5 Å². The number of ether oxygens (including phenoxy) is 1. The largest absolute Gasteiger partial charge is 0.497 e. The van der Waals surface area contributed by atoms with E-state index in [1.165, 1.54) is 0 Å². The molecule has 1 aromatic rings. The van der Waals surface area contributed by atoms with Crippen molar-refractivity contribution in [3.8, 4) is 5.75 Å². The fraction of sp³-hybridized carbons (Fsp3) is 0.500. The van der Waals surface area contributed by atoms with Crippen LogP contribution in [0.2, 0.25) is 0 Å². The van der Waals surface area contributed by atoms with Crippen molar-refractivity contribution in [2.24, 2.45) is 5.41 Å². The summed E-state index contributed by atoms with van der Waals surface area (Å²) in [6, 6.07) is 5.16. The van der Waals surface area contributed by atoms with E-state index in [1.54, 1.807) is 25.3 Å². The van der Waals surface area contributed by atoms with E-state index in [2.05, 4.69) is 13.8 Å². The second-order valence-corrected chi connectivity index (χ2v) is 5.64. The summed E-state index contributed by atoms with van der Waals surface area (Å²) in [4.78, 5) is 14.3. The Morgan fingerprint density at radius 2 is 2.11 bits per heavy atom. The second-order valence-electron chi connectivity index (χ2n) is 5.64. The van der Waals surface area contributed by atoms with E-state index in [0.717, 1.165) is 19.5 Å². The fourth-order valence-corrected chi connectivity index (χ4v) is 2.33. The maximum absolute atomic E-state index is 12.4. The number of benzene rings is 1. The molecule has 2 rings (SSSR count). The molecule has 1 aliphatic heterocycles. The third-order valence-corrected chi connectivity index (χ3v) is 3.38. The minimum Gasteiger partial charge on any atom is -0.497 e. The molecule has 0 aromatic heterocycles. The lowest BCUT2D eigenvalue weighted by Gasteiger charge is -2.20. The van der Waals surface area contributed by atoms with Gasteiger partial charge in [-0.2, -0.15) is 0 Å². The molecule has 0 radical (unpaired) electrons. The molecule has 0 aliphatic carbocycles. The molecule has 0 saturated carbocycles. The van der Waals surface area contributed by atoms with Crippen LogP contribution in [0.15, 0.2) is 18.2 Å². The van der Waals surface area contributed by atoms with Gasteiger partial charge in [-0.1, -0.05) is 13.8 Å². The van der Waals surface area contributed by atoms with E-state index in [1.807, 2.05) is 4.90 Å². The zero-order valence-electron chi connectivity index (χ0n) is 11.2. The van der Waals surface area contributed by atoms with Crippen molar-refractivity contribution < 1.29 is 9.53 Å². The van der Waals surface area contributed by atoms with Gasteiger partial charge in [-0.25, -0.2) is 0 Å². The van der Waals surface area contributed by atoms with Gasteiger partial charge >= 0.3 is 0 Å². The first-order chi connectivity index (χ1) is 8.41. The fourth-order valence-electron chi connectivity index (χ4n) is 2.33. The molecule has 1 aliphatic rings. The molecule has 4 heteroatoms. The quantitative estimate of drug-likeness (QED) is 0.816. The zero-order valence-corrected chi connectivity index (χ0v) is 11.2. The first-order valence-electron chi connectivity index (χ1n) is 6.15. The van der Waals surface area contributed by atoms with Crippen molar-refractivity contribution in [3.05, 3.63) is 23.8 Å². The predicted molar refractivity (Wildman–Crippen MR) is 71.7 cm³/mol. The van der Waals surface area contributed by atoms with Gasteiger partial charge < -0.3 is 15.4 Å². The van der Waals surface area contributed by atoms with Crippen LogP contribution in [0, 0.1) is 5.41 Å². The molecular formula is C14H20N2O2. The smallest absolute Gasteiger partial charge is 0.254 e. The Morgan fingerprint density at radius 1 is 1.39 bits per heavy atom. The number of nitrogens with two attached hydrogens (primary N) is 1. The van der Waals surface area contributed by atoms with Crippen LogP contribution in [-0.2, 0) is 0 Å². The van der Waals surface area contributed by atoms with Gasteiger partial charge in [0.05, 0.1) is 7.11 Å². The number of carbonyl (C=O) groups is 1. The first kappa shape index (κ1) is 12.7. The number of anilines is 1. The Hall–Kier alpha value is -1.71. The van der Waals surface area contributed by atoms with E-state index < -0.39 is 0 Å². The lowest BCUT2D eigenvalue weighted by Crippen LogP contribution is -2.30. The van der Waals surface area contributed by atoms with Gasteiger partial charge in [0.15, 0.2) is 0 Å². The minimum atomic E-state index is 0.0335. The normalized spacial score (nSPS) is 17.8. The second kappa shape index (κ2) is 4.52. The highest BCUT2D eigenvalue weighted by atomic mass is 16.5. The van der Waals surface area contributed by atoms with Crippen molar-refractivity contribution in [1.29, 1.82) is 0 Å². The predicted octanol–water partition coefficient (Wildman–Crippen LogP) is 2.15. The summed E-state index contributed by atoms with van der Waals surface area (Å²) in [6.07, 6.45) is 1.04. The Labute approximate surface area is 108 Å².